The minimum absolute atomic E-state index is 0.0737. The monoisotopic (exact) mass is 367 g/mol. The largest absolute Gasteiger partial charge is 0.497 e. The molecular formula is C16H21N3O5S. The highest BCUT2D eigenvalue weighted by molar-refractivity contribution is 7.99. The lowest BCUT2D eigenvalue weighted by atomic mass is 10.1. The number of thioether (sulfide) groups is 1. The highest BCUT2D eigenvalue weighted by Gasteiger charge is 2.16. The van der Waals surface area contributed by atoms with Crippen LogP contribution < -0.4 is 14.8 Å². The van der Waals surface area contributed by atoms with Crippen molar-refractivity contribution in [2.45, 2.75) is 18.8 Å². The van der Waals surface area contributed by atoms with Crippen LogP contribution in [-0.4, -0.2) is 47.7 Å². The lowest BCUT2D eigenvalue weighted by Gasteiger charge is -2.16. The standard InChI is InChI=1S/C16H21N3O5S/c1-10-18-15(19-24-10)8-25-9-16(21)17-7-13(20)12-6-11(22-2)4-5-14(12)23-3/h4-6,13,20H,7-9H2,1-3H3,(H,17,21). The Morgan fingerprint density at radius 1 is 1.40 bits per heavy atom. The summed E-state index contributed by atoms with van der Waals surface area (Å²) in [6.45, 7) is 1.78. The summed E-state index contributed by atoms with van der Waals surface area (Å²) in [6, 6.07) is 5.13. The van der Waals surface area contributed by atoms with Crippen LogP contribution in [0.4, 0.5) is 0 Å². The van der Waals surface area contributed by atoms with E-state index in [1.807, 2.05) is 0 Å². The molecule has 136 valence electrons. The fraction of sp³-hybridized carbons (Fsp3) is 0.438. The first-order valence-electron chi connectivity index (χ1n) is 7.57. The zero-order valence-corrected chi connectivity index (χ0v) is 15.1. The van der Waals surface area contributed by atoms with Crippen molar-refractivity contribution in [3.8, 4) is 11.5 Å². The average Bonchev–Trinajstić information content (AvgIpc) is 3.04. The number of carbonyl (C=O) groups excluding carboxylic acids is 1. The number of carbonyl (C=O) groups is 1. The SMILES string of the molecule is COc1ccc(OC)c(C(O)CNC(=O)CSCc2noc(C)n2)c1. The summed E-state index contributed by atoms with van der Waals surface area (Å²) in [7, 11) is 3.06. The van der Waals surface area contributed by atoms with E-state index in [-0.39, 0.29) is 18.2 Å². The van der Waals surface area contributed by atoms with Gasteiger partial charge in [-0.05, 0) is 18.2 Å². The van der Waals surface area contributed by atoms with Crippen molar-refractivity contribution < 1.29 is 23.9 Å². The molecule has 8 nitrogen and oxygen atoms in total. The topological polar surface area (TPSA) is 107 Å². The first kappa shape index (κ1) is 19.1. The van der Waals surface area contributed by atoms with E-state index in [0.29, 0.717) is 34.5 Å². The Kier molecular flexibility index (Phi) is 7.08. The van der Waals surface area contributed by atoms with E-state index in [1.165, 1.54) is 18.9 Å². The summed E-state index contributed by atoms with van der Waals surface area (Å²) < 4.78 is 15.2. The maximum atomic E-state index is 11.9. The third-order valence-corrected chi connectivity index (χ3v) is 4.25. The number of aryl methyl sites for hydroxylation is 1. The predicted molar refractivity (Wildman–Crippen MR) is 92.7 cm³/mol. The van der Waals surface area contributed by atoms with Crippen molar-refractivity contribution >= 4 is 17.7 Å². The summed E-state index contributed by atoms with van der Waals surface area (Å²) in [5, 5.41) is 16.8. The van der Waals surface area contributed by atoms with Crippen LogP contribution in [0.1, 0.15) is 23.4 Å². The van der Waals surface area contributed by atoms with E-state index in [1.54, 1.807) is 32.2 Å². The van der Waals surface area contributed by atoms with Gasteiger partial charge in [0.15, 0.2) is 5.82 Å². The molecule has 1 aromatic heterocycles. The molecule has 0 spiro atoms. The smallest absolute Gasteiger partial charge is 0.230 e. The van der Waals surface area contributed by atoms with Crippen LogP contribution in [0.2, 0.25) is 0 Å². The molecule has 2 aromatic rings. The predicted octanol–water partition coefficient (Wildman–Crippen LogP) is 1.48. The summed E-state index contributed by atoms with van der Waals surface area (Å²) in [4.78, 5) is 15.9. The maximum Gasteiger partial charge on any atom is 0.230 e. The van der Waals surface area contributed by atoms with E-state index in [9.17, 15) is 9.90 Å². The average molecular weight is 367 g/mol. The molecular weight excluding hydrogens is 346 g/mol. The molecule has 1 aromatic carbocycles. The molecule has 2 N–H and O–H groups in total. The van der Waals surface area contributed by atoms with Gasteiger partial charge in [-0.2, -0.15) is 4.98 Å². The van der Waals surface area contributed by atoms with E-state index in [0.717, 1.165) is 0 Å². The van der Waals surface area contributed by atoms with E-state index >= 15 is 0 Å². The number of aliphatic hydroxyl groups is 1. The number of rotatable bonds is 9. The summed E-state index contributed by atoms with van der Waals surface area (Å²) in [5.41, 5.74) is 0.553. The highest BCUT2D eigenvalue weighted by Crippen LogP contribution is 2.29. The zero-order chi connectivity index (χ0) is 18.2. The molecule has 1 amide bonds. The van der Waals surface area contributed by atoms with Crippen molar-refractivity contribution in [1.29, 1.82) is 0 Å². The van der Waals surface area contributed by atoms with Crippen LogP contribution in [0.15, 0.2) is 22.7 Å². The molecule has 0 aliphatic carbocycles. The number of ether oxygens (including phenoxy) is 2. The van der Waals surface area contributed by atoms with Crippen LogP contribution in [-0.2, 0) is 10.5 Å². The van der Waals surface area contributed by atoms with Crippen LogP contribution in [0.3, 0.4) is 0 Å². The molecule has 0 aliphatic rings. The van der Waals surface area contributed by atoms with Crippen molar-refractivity contribution in [3.05, 3.63) is 35.5 Å². The minimum atomic E-state index is -0.904. The Labute approximate surface area is 149 Å². The fourth-order valence-electron chi connectivity index (χ4n) is 2.11. The second kappa shape index (κ2) is 9.28. The molecule has 0 bridgehead atoms. The molecule has 0 saturated carbocycles. The third-order valence-electron chi connectivity index (χ3n) is 3.32. The second-order valence-electron chi connectivity index (χ2n) is 5.15. The molecule has 1 atom stereocenters. The van der Waals surface area contributed by atoms with Gasteiger partial charge in [0.2, 0.25) is 11.8 Å². The van der Waals surface area contributed by atoms with Gasteiger partial charge < -0.3 is 24.4 Å². The van der Waals surface area contributed by atoms with Crippen LogP contribution in [0.25, 0.3) is 0 Å². The number of hydrogen-bond acceptors (Lipinski definition) is 8. The van der Waals surface area contributed by atoms with Gasteiger partial charge in [0.05, 0.1) is 31.8 Å². The van der Waals surface area contributed by atoms with Crippen molar-refractivity contribution in [2.75, 3.05) is 26.5 Å². The number of nitrogens with zero attached hydrogens (tertiary/aromatic N) is 2. The minimum Gasteiger partial charge on any atom is -0.497 e. The Morgan fingerprint density at radius 2 is 2.20 bits per heavy atom. The van der Waals surface area contributed by atoms with Gasteiger partial charge in [0, 0.05) is 19.0 Å². The molecule has 0 fully saturated rings. The van der Waals surface area contributed by atoms with Crippen LogP contribution >= 0.6 is 11.8 Å². The Bertz CT molecular complexity index is 707. The van der Waals surface area contributed by atoms with Crippen molar-refractivity contribution in [3.63, 3.8) is 0 Å². The van der Waals surface area contributed by atoms with Gasteiger partial charge >= 0.3 is 0 Å². The first-order valence-corrected chi connectivity index (χ1v) is 8.72. The van der Waals surface area contributed by atoms with E-state index in [2.05, 4.69) is 15.5 Å². The van der Waals surface area contributed by atoms with Crippen molar-refractivity contribution in [1.82, 2.24) is 15.5 Å². The lowest BCUT2D eigenvalue weighted by Crippen LogP contribution is -2.30. The number of benzene rings is 1. The number of methoxy groups -OCH3 is 2. The number of aromatic nitrogens is 2. The molecule has 0 radical (unpaired) electrons. The van der Waals surface area contributed by atoms with Gasteiger partial charge in [0.25, 0.3) is 0 Å². The van der Waals surface area contributed by atoms with E-state index in [4.69, 9.17) is 14.0 Å². The number of nitrogens with one attached hydrogen (secondary N) is 1. The van der Waals surface area contributed by atoms with Crippen LogP contribution in [0.5, 0.6) is 11.5 Å². The third kappa shape index (κ3) is 5.64. The zero-order valence-electron chi connectivity index (χ0n) is 14.3. The molecule has 1 unspecified atom stereocenters. The molecule has 2 rings (SSSR count). The molecule has 0 aliphatic heterocycles. The van der Waals surface area contributed by atoms with Gasteiger partial charge in [-0.1, -0.05) is 5.16 Å². The Morgan fingerprint density at radius 3 is 2.84 bits per heavy atom. The maximum absolute atomic E-state index is 11.9. The van der Waals surface area contributed by atoms with E-state index < -0.39 is 6.10 Å². The summed E-state index contributed by atoms with van der Waals surface area (Å²) in [6.07, 6.45) is -0.904. The molecule has 0 saturated heterocycles. The Hall–Kier alpha value is -2.26. The molecule has 1 heterocycles. The number of hydrogen-bond donors (Lipinski definition) is 2. The fourth-order valence-corrected chi connectivity index (χ4v) is 2.80. The first-order chi connectivity index (χ1) is 12.0. The molecule has 9 heteroatoms. The van der Waals surface area contributed by atoms with Gasteiger partial charge in [-0.25, -0.2) is 0 Å². The molecule has 25 heavy (non-hydrogen) atoms. The quantitative estimate of drug-likeness (QED) is 0.686. The number of amides is 1. The second-order valence-corrected chi connectivity index (χ2v) is 6.14. The van der Waals surface area contributed by atoms with Gasteiger partial charge in [-0.3, -0.25) is 4.79 Å². The summed E-state index contributed by atoms with van der Waals surface area (Å²) >= 11 is 1.37. The van der Waals surface area contributed by atoms with Gasteiger partial charge in [-0.15, -0.1) is 11.8 Å². The van der Waals surface area contributed by atoms with Crippen molar-refractivity contribution in [2.24, 2.45) is 0 Å². The van der Waals surface area contributed by atoms with Gasteiger partial charge in [0.1, 0.15) is 11.5 Å². The number of aliphatic hydroxyl groups excluding tert-OH is 1. The van der Waals surface area contributed by atoms with Crippen LogP contribution in [0, 0.1) is 6.92 Å². The Balaban J connectivity index is 1.80. The normalized spacial score (nSPS) is 11.8. The highest BCUT2D eigenvalue weighted by atomic mass is 32.2. The summed E-state index contributed by atoms with van der Waals surface area (Å²) in [5.74, 6) is 2.71. The lowest BCUT2D eigenvalue weighted by molar-refractivity contribution is -0.119.